The fourth-order valence-electron chi connectivity index (χ4n) is 3.60. The maximum atomic E-state index is 12.4. The summed E-state index contributed by atoms with van der Waals surface area (Å²) >= 11 is 6.13. The topological polar surface area (TPSA) is 57.7 Å². The smallest absolute Gasteiger partial charge is 0.222 e. The Hall–Kier alpha value is -1.11. The number of aryl methyl sites for hydroxylation is 2. The van der Waals surface area contributed by atoms with E-state index in [2.05, 4.69) is 4.90 Å². The molecule has 1 atom stereocenters. The molecule has 2 saturated heterocycles. The second kappa shape index (κ2) is 7.64. The molecule has 0 saturated carbocycles. The molecule has 25 heavy (non-hydrogen) atoms. The van der Waals surface area contributed by atoms with Gasteiger partial charge >= 0.3 is 0 Å². The summed E-state index contributed by atoms with van der Waals surface area (Å²) in [6.45, 7) is 4.87. The number of sulfone groups is 1. The van der Waals surface area contributed by atoms with E-state index in [-0.39, 0.29) is 17.7 Å². The van der Waals surface area contributed by atoms with E-state index in [0.29, 0.717) is 31.7 Å². The molecule has 2 aliphatic rings. The highest BCUT2D eigenvalue weighted by Crippen LogP contribution is 2.20. The Bertz CT molecular complexity index is 743. The number of amides is 1. The SMILES string of the molecule is Cc1ccc(CCC(=O)N2CCN([C@H]3CCS(=O)(=O)C3)CC2)cc1Cl. The quantitative estimate of drug-likeness (QED) is 0.795. The Labute approximate surface area is 154 Å². The molecule has 0 aliphatic carbocycles. The third-order valence-electron chi connectivity index (χ3n) is 5.26. The van der Waals surface area contributed by atoms with Gasteiger partial charge in [0.2, 0.25) is 5.91 Å². The van der Waals surface area contributed by atoms with Gasteiger partial charge in [0, 0.05) is 43.7 Å². The van der Waals surface area contributed by atoms with Gasteiger partial charge in [-0.2, -0.15) is 0 Å². The van der Waals surface area contributed by atoms with Gasteiger partial charge in [0.25, 0.3) is 0 Å². The van der Waals surface area contributed by atoms with E-state index in [0.717, 1.165) is 35.7 Å². The van der Waals surface area contributed by atoms with Crippen LogP contribution >= 0.6 is 11.6 Å². The predicted molar refractivity (Wildman–Crippen MR) is 99.7 cm³/mol. The molecule has 0 bridgehead atoms. The van der Waals surface area contributed by atoms with Crippen LogP contribution in [0.2, 0.25) is 5.02 Å². The summed E-state index contributed by atoms with van der Waals surface area (Å²) in [7, 11) is -2.85. The van der Waals surface area contributed by atoms with Crippen molar-refractivity contribution in [2.24, 2.45) is 0 Å². The van der Waals surface area contributed by atoms with Gasteiger partial charge in [0.1, 0.15) is 0 Å². The molecular weight excluding hydrogens is 360 g/mol. The Morgan fingerprint density at radius 2 is 1.96 bits per heavy atom. The Morgan fingerprint density at radius 3 is 2.56 bits per heavy atom. The lowest BCUT2D eigenvalue weighted by molar-refractivity contribution is -0.133. The first-order valence-corrected chi connectivity index (χ1v) is 11.0. The van der Waals surface area contributed by atoms with Crippen molar-refractivity contribution in [3.05, 3.63) is 34.3 Å². The van der Waals surface area contributed by atoms with Crippen molar-refractivity contribution in [2.75, 3.05) is 37.7 Å². The van der Waals surface area contributed by atoms with E-state index >= 15 is 0 Å². The van der Waals surface area contributed by atoms with Crippen molar-refractivity contribution in [3.63, 3.8) is 0 Å². The molecule has 2 aliphatic heterocycles. The Kier molecular flexibility index (Phi) is 5.71. The van der Waals surface area contributed by atoms with Crippen molar-refractivity contribution in [1.82, 2.24) is 9.80 Å². The summed E-state index contributed by atoms with van der Waals surface area (Å²) in [5, 5.41) is 0.741. The highest BCUT2D eigenvalue weighted by Gasteiger charge is 2.34. The van der Waals surface area contributed by atoms with Crippen molar-refractivity contribution in [2.45, 2.75) is 32.2 Å². The molecule has 0 radical (unpaired) electrons. The first-order chi connectivity index (χ1) is 11.8. The molecule has 1 aromatic rings. The molecule has 0 N–H and O–H groups in total. The summed E-state index contributed by atoms with van der Waals surface area (Å²) in [4.78, 5) is 16.6. The van der Waals surface area contributed by atoms with E-state index in [4.69, 9.17) is 11.6 Å². The zero-order chi connectivity index (χ0) is 18.0. The summed E-state index contributed by atoms with van der Waals surface area (Å²) in [6.07, 6.45) is 1.90. The van der Waals surface area contributed by atoms with Crippen LogP contribution in [0.3, 0.4) is 0 Å². The van der Waals surface area contributed by atoms with E-state index in [1.165, 1.54) is 0 Å². The van der Waals surface area contributed by atoms with E-state index < -0.39 is 9.84 Å². The number of hydrogen-bond donors (Lipinski definition) is 0. The molecule has 1 aromatic carbocycles. The van der Waals surface area contributed by atoms with Gasteiger partial charge in [-0.05, 0) is 37.0 Å². The molecule has 0 spiro atoms. The molecule has 0 unspecified atom stereocenters. The van der Waals surface area contributed by atoms with Gasteiger partial charge in [-0.3, -0.25) is 9.69 Å². The Morgan fingerprint density at radius 1 is 1.24 bits per heavy atom. The molecule has 2 fully saturated rings. The van der Waals surface area contributed by atoms with Crippen LogP contribution in [0.4, 0.5) is 0 Å². The largest absolute Gasteiger partial charge is 0.340 e. The number of carbonyl (C=O) groups excluding carboxylic acids is 1. The van der Waals surface area contributed by atoms with E-state index in [9.17, 15) is 13.2 Å². The third kappa shape index (κ3) is 4.74. The minimum atomic E-state index is -2.85. The zero-order valence-corrected chi connectivity index (χ0v) is 16.2. The first kappa shape index (κ1) is 18.7. The number of halogens is 1. The van der Waals surface area contributed by atoms with Gasteiger partial charge in [-0.15, -0.1) is 0 Å². The van der Waals surface area contributed by atoms with Crippen LogP contribution in [0.15, 0.2) is 18.2 Å². The van der Waals surface area contributed by atoms with E-state index in [1.807, 2.05) is 30.0 Å². The van der Waals surface area contributed by atoms with Crippen LogP contribution in [-0.4, -0.2) is 67.9 Å². The van der Waals surface area contributed by atoms with Gasteiger partial charge in [-0.25, -0.2) is 8.42 Å². The number of carbonyl (C=O) groups is 1. The minimum absolute atomic E-state index is 0.136. The van der Waals surface area contributed by atoms with Gasteiger partial charge in [0.05, 0.1) is 11.5 Å². The maximum Gasteiger partial charge on any atom is 0.222 e. The fraction of sp³-hybridized carbons (Fsp3) is 0.611. The van der Waals surface area contributed by atoms with Crippen molar-refractivity contribution < 1.29 is 13.2 Å². The lowest BCUT2D eigenvalue weighted by atomic mass is 10.1. The van der Waals surface area contributed by atoms with Gasteiger partial charge < -0.3 is 4.90 Å². The standard InChI is InChI=1S/C18H25ClN2O3S/c1-14-2-3-15(12-17(14)19)4-5-18(22)21-9-7-20(8-10-21)16-6-11-25(23,24)13-16/h2-3,12,16H,4-11,13H2,1H3/t16-/m0/s1. The highest BCUT2D eigenvalue weighted by atomic mass is 35.5. The highest BCUT2D eigenvalue weighted by molar-refractivity contribution is 7.91. The van der Waals surface area contributed by atoms with Crippen molar-refractivity contribution >= 4 is 27.3 Å². The molecule has 3 rings (SSSR count). The molecule has 0 aromatic heterocycles. The van der Waals surface area contributed by atoms with Crippen molar-refractivity contribution in [3.8, 4) is 0 Å². The third-order valence-corrected chi connectivity index (χ3v) is 7.41. The number of hydrogen-bond acceptors (Lipinski definition) is 4. The lowest BCUT2D eigenvalue weighted by Gasteiger charge is -2.37. The summed E-state index contributed by atoms with van der Waals surface area (Å²) in [5.41, 5.74) is 2.13. The monoisotopic (exact) mass is 384 g/mol. The number of piperazine rings is 1. The molecule has 2 heterocycles. The summed E-state index contributed by atoms with van der Waals surface area (Å²) < 4.78 is 23.2. The van der Waals surface area contributed by atoms with Crippen LogP contribution in [0.5, 0.6) is 0 Å². The Balaban J connectivity index is 1.46. The van der Waals surface area contributed by atoms with Crippen LogP contribution in [-0.2, 0) is 21.1 Å². The number of benzene rings is 1. The average Bonchev–Trinajstić information content (AvgIpc) is 2.96. The molecule has 5 nitrogen and oxygen atoms in total. The van der Waals surface area contributed by atoms with Crippen LogP contribution in [0.1, 0.15) is 24.0 Å². The second-order valence-corrected chi connectivity index (χ2v) is 9.69. The molecule has 1 amide bonds. The minimum Gasteiger partial charge on any atom is -0.340 e. The molecular formula is C18H25ClN2O3S. The summed E-state index contributed by atoms with van der Waals surface area (Å²) in [5.74, 6) is 0.737. The molecule has 7 heteroatoms. The number of rotatable bonds is 4. The maximum absolute atomic E-state index is 12.4. The normalized spacial score (nSPS) is 23.8. The second-order valence-electron chi connectivity index (χ2n) is 7.06. The first-order valence-electron chi connectivity index (χ1n) is 8.81. The van der Waals surface area contributed by atoms with E-state index in [1.54, 1.807) is 0 Å². The fourth-order valence-corrected chi connectivity index (χ4v) is 5.57. The predicted octanol–water partition coefficient (Wildman–Crippen LogP) is 1.91. The zero-order valence-electron chi connectivity index (χ0n) is 14.6. The average molecular weight is 385 g/mol. The lowest BCUT2D eigenvalue weighted by Crippen LogP contribution is -2.52. The van der Waals surface area contributed by atoms with Gasteiger partial charge in [-0.1, -0.05) is 23.7 Å². The molecule has 138 valence electrons. The summed E-state index contributed by atoms with van der Waals surface area (Å²) in [6, 6.07) is 6.07. The van der Waals surface area contributed by atoms with Crippen LogP contribution in [0.25, 0.3) is 0 Å². The van der Waals surface area contributed by atoms with Gasteiger partial charge in [0.15, 0.2) is 9.84 Å². The van der Waals surface area contributed by atoms with Crippen molar-refractivity contribution in [1.29, 1.82) is 0 Å². The van der Waals surface area contributed by atoms with Crippen LogP contribution in [0, 0.1) is 6.92 Å². The number of nitrogens with zero attached hydrogens (tertiary/aromatic N) is 2. The van der Waals surface area contributed by atoms with Crippen LogP contribution < -0.4 is 0 Å².